The molecule has 0 bridgehead atoms. The minimum absolute atomic E-state index is 0.0127. The minimum atomic E-state index is -0.0127. The molecule has 1 heterocycles. The molecular formula is C10H17NO2. The summed E-state index contributed by atoms with van der Waals surface area (Å²) in [6.45, 7) is 5.45. The Labute approximate surface area is 79.0 Å². The van der Waals surface area contributed by atoms with Gasteiger partial charge in [0.15, 0.2) is 0 Å². The Bertz CT molecular complexity index is 213. The molecule has 13 heavy (non-hydrogen) atoms. The molecule has 0 aromatic heterocycles. The van der Waals surface area contributed by atoms with Crippen molar-refractivity contribution in [2.45, 2.75) is 38.8 Å². The van der Waals surface area contributed by atoms with E-state index in [1.165, 1.54) is 12.8 Å². The van der Waals surface area contributed by atoms with Crippen molar-refractivity contribution in [2.75, 3.05) is 13.2 Å². The molecule has 0 N–H and O–H groups in total. The summed E-state index contributed by atoms with van der Waals surface area (Å²) < 4.78 is 5.03. The lowest BCUT2D eigenvalue weighted by molar-refractivity contribution is -0.143. The summed E-state index contributed by atoms with van der Waals surface area (Å²) in [5, 5.41) is 0. The van der Waals surface area contributed by atoms with Crippen LogP contribution in [0.4, 0.5) is 0 Å². The average molecular weight is 183 g/mol. The van der Waals surface area contributed by atoms with E-state index in [2.05, 4.69) is 11.8 Å². The molecule has 0 aromatic carbocycles. The third-order valence-electron chi connectivity index (χ3n) is 2.97. The predicted molar refractivity (Wildman–Crippen MR) is 49.3 cm³/mol. The van der Waals surface area contributed by atoms with Gasteiger partial charge >= 0.3 is 5.97 Å². The fourth-order valence-corrected chi connectivity index (χ4v) is 2.17. The monoisotopic (exact) mass is 183 g/mol. The van der Waals surface area contributed by atoms with E-state index < -0.39 is 0 Å². The van der Waals surface area contributed by atoms with Gasteiger partial charge in [-0.05, 0) is 32.2 Å². The van der Waals surface area contributed by atoms with Crippen LogP contribution in [0.5, 0.6) is 0 Å². The molecule has 1 aliphatic heterocycles. The number of hydrogen-bond acceptors (Lipinski definition) is 3. The maximum Gasteiger partial charge on any atom is 0.325 e. The second kappa shape index (κ2) is 3.29. The first-order valence-electron chi connectivity index (χ1n) is 5.22. The molecular weight excluding hydrogens is 166 g/mol. The van der Waals surface area contributed by atoms with Crippen LogP contribution in [0.25, 0.3) is 0 Å². The summed E-state index contributed by atoms with van der Waals surface area (Å²) in [4.78, 5) is 13.7. The van der Waals surface area contributed by atoms with Crippen molar-refractivity contribution >= 4 is 5.97 Å². The van der Waals surface area contributed by atoms with Crippen LogP contribution in [-0.4, -0.2) is 36.1 Å². The van der Waals surface area contributed by atoms with Crippen LogP contribution in [0.15, 0.2) is 0 Å². The lowest BCUT2D eigenvalue weighted by atomic mass is 10.2. The highest BCUT2D eigenvalue weighted by Gasteiger charge is 2.58. The number of ether oxygens (including phenoxy) is 1. The first-order valence-corrected chi connectivity index (χ1v) is 5.22. The lowest BCUT2D eigenvalue weighted by Crippen LogP contribution is -2.16. The molecule has 0 amide bonds. The highest BCUT2D eigenvalue weighted by Crippen LogP contribution is 2.46. The molecule has 74 valence electrons. The maximum atomic E-state index is 11.5. The van der Waals surface area contributed by atoms with Gasteiger partial charge in [0.25, 0.3) is 0 Å². The number of rotatable bonds is 4. The van der Waals surface area contributed by atoms with Crippen LogP contribution in [-0.2, 0) is 9.53 Å². The third kappa shape index (κ3) is 1.57. The molecule has 3 nitrogen and oxygen atoms in total. The zero-order valence-electron chi connectivity index (χ0n) is 8.32. The van der Waals surface area contributed by atoms with E-state index in [4.69, 9.17) is 4.74 Å². The van der Waals surface area contributed by atoms with Crippen molar-refractivity contribution in [1.82, 2.24) is 4.90 Å². The highest BCUT2D eigenvalue weighted by atomic mass is 16.5. The molecule has 0 spiro atoms. The van der Waals surface area contributed by atoms with Gasteiger partial charge in [-0.25, -0.2) is 0 Å². The van der Waals surface area contributed by atoms with Crippen molar-refractivity contribution in [1.29, 1.82) is 0 Å². The van der Waals surface area contributed by atoms with Gasteiger partial charge in [0.1, 0.15) is 6.04 Å². The number of nitrogens with zero attached hydrogens (tertiary/aromatic N) is 1. The van der Waals surface area contributed by atoms with Crippen LogP contribution in [0, 0.1) is 5.92 Å². The largest absolute Gasteiger partial charge is 0.465 e. The molecule has 2 rings (SSSR count). The van der Waals surface area contributed by atoms with E-state index in [9.17, 15) is 4.79 Å². The van der Waals surface area contributed by atoms with E-state index in [0.717, 1.165) is 12.5 Å². The van der Waals surface area contributed by atoms with Crippen LogP contribution >= 0.6 is 0 Å². The highest BCUT2D eigenvalue weighted by molar-refractivity contribution is 5.80. The fraction of sp³-hybridized carbons (Fsp3) is 0.900. The number of hydrogen-bond donors (Lipinski definition) is 0. The summed E-state index contributed by atoms with van der Waals surface area (Å²) in [6, 6.07) is 0.612. The van der Waals surface area contributed by atoms with Gasteiger partial charge in [0.2, 0.25) is 0 Å². The smallest absolute Gasteiger partial charge is 0.325 e. The zero-order chi connectivity index (χ0) is 9.42. The molecule has 3 atom stereocenters. The predicted octanol–water partition coefficient (Wildman–Crippen LogP) is 1.03. The number of likely N-dealkylation sites (N-methyl/N-ethyl adjacent to an activating group) is 1. The summed E-state index contributed by atoms with van der Waals surface area (Å²) in [7, 11) is 0. The van der Waals surface area contributed by atoms with Gasteiger partial charge in [0.05, 0.1) is 6.61 Å². The summed E-state index contributed by atoms with van der Waals surface area (Å²) in [5.74, 6) is 0.774. The van der Waals surface area contributed by atoms with Crippen molar-refractivity contribution in [3.63, 3.8) is 0 Å². The Hall–Kier alpha value is -0.570. The minimum Gasteiger partial charge on any atom is -0.465 e. The normalized spacial score (nSPS) is 37.2. The Kier molecular flexibility index (Phi) is 2.28. The SMILES string of the molecule is CCOC(=O)[C@H]1[C@@H](C2CC2)N1CC. The van der Waals surface area contributed by atoms with Gasteiger partial charge in [-0.3, -0.25) is 9.69 Å². The topological polar surface area (TPSA) is 29.3 Å². The molecule has 2 fully saturated rings. The van der Waals surface area contributed by atoms with Crippen LogP contribution in [0.2, 0.25) is 0 Å². The Morgan fingerprint density at radius 1 is 1.46 bits per heavy atom. The standard InChI is InChI=1S/C10H17NO2/c1-3-11-8(7-5-6-7)9(11)10(12)13-4-2/h7-9H,3-6H2,1-2H3/t8-,9-,11?/m1/s1. The first kappa shape index (κ1) is 9.00. The van der Waals surface area contributed by atoms with Crippen molar-refractivity contribution in [3.05, 3.63) is 0 Å². The average Bonchev–Trinajstić information content (AvgIpc) is 2.98. The fourth-order valence-electron chi connectivity index (χ4n) is 2.17. The van der Waals surface area contributed by atoms with Crippen LogP contribution < -0.4 is 0 Å². The van der Waals surface area contributed by atoms with Gasteiger partial charge in [0, 0.05) is 6.04 Å². The van der Waals surface area contributed by atoms with Gasteiger partial charge < -0.3 is 4.74 Å². The number of esters is 1. The van der Waals surface area contributed by atoms with Crippen LogP contribution in [0.1, 0.15) is 26.7 Å². The molecule has 0 aromatic rings. The van der Waals surface area contributed by atoms with E-state index in [1.807, 2.05) is 6.92 Å². The molecule has 3 heteroatoms. The number of carbonyl (C=O) groups is 1. The van der Waals surface area contributed by atoms with E-state index in [0.29, 0.717) is 12.6 Å². The molecule has 0 radical (unpaired) electrons. The molecule has 1 saturated heterocycles. The molecule has 1 unspecified atom stereocenters. The van der Waals surface area contributed by atoms with Crippen molar-refractivity contribution < 1.29 is 9.53 Å². The van der Waals surface area contributed by atoms with Gasteiger partial charge in [-0.15, -0.1) is 0 Å². The first-order chi connectivity index (χ1) is 6.29. The molecule has 1 saturated carbocycles. The quantitative estimate of drug-likeness (QED) is 0.481. The molecule has 2 aliphatic rings. The van der Waals surface area contributed by atoms with E-state index in [1.54, 1.807) is 0 Å². The van der Waals surface area contributed by atoms with E-state index in [-0.39, 0.29) is 12.0 Å². The molecule has 1 aliphatic carbocycles. The van der Waals surface area contributed by atoms with Gasteiger partial charge in [-0.1, -0.05) is 6.92 Å². The summed E-state index contributed by atoms with van der Waals surface area (Å²) in [6.07, 6.45) is 2.61. The second-order valence-corrected chi connectivity index (χ2v) is 3.86. The Morgan fingerprint density at radius 2 is 2.15 bits per heavy atom. The summed E-state index contributed by atoms with van der Waals surface area (Å²) >= 11 is 0. The Balaban J connectivity index is 1.89. The lowest BCUT2D eigenvalue weighted by Gasteiger charge is -1.98. The van der Waals surface area contributed by atoms with Crippen molar-refractivity contribution in [3.8, 4) is 0 Å². The second-order valence-electron chi connectivity index (χ2n) is 3.86. The Morgan fingerprint density at radius 3 is 2.62 bits per heavy atom. The maximum absolute atomic E-state index is 11.5. The van der Waals surface area contributed by atoms with Crippen molar-refractivity contribution in [2.24, 2.45) is 5.92 Å². The van der Waals surface area contributed by atoms with Gasteiger partial charge in [-0.2, -0.15) is 0 Å². The summed E-state index contributed by atoms with van der Waals surface area (Å²) in [5.41, 5.74) is 0. The van der Waals surface area contributed by atoms with Crippen LogP contribution in [0.3, 0.4) is 0 Å². The van der Waals surface area contributed by atoms with E-state index >= 15 is 0 Å². The third-order valence-corrected chi connectivity index (χ3v) is 2.97. The number of carbonyl (C=O) groups excluding carboxylic acids is 1. The zero-order valence-corrected chi connectivity index (χ0v) is 8.32.